The van der Waals surface area contributed by atoms with Gasteiger partial charge in [0.05, 0.1) is 27.9 Å². The van der Waals surface area contributed by atoms with Gasteiger partial charge in [0.1, 0.15) is 5.75 Å². The third kappa shape index (κ3) is 4.28. The van der Waals surface area contributed by atoms with Crippen LogP contribution in [0.4, 0.5) is 11.4 Å². The summed E-state index contributed by atoms with van der Waals surface area (Å²) in [7, 11) is 1.62. The van der Waals surface area contributed by atoms with Crippen LogP contribution in [0.25, 0.3) is 6.08 Å². The molecule has 0 aliphatic carbocycles. The predicted molar refractivity (Wildman–Crippen MR) is 124 cm³/mol. The molecule has 3 aromatic rings. The second kappa shape index (κ2) is 8.68. The number of hydrogen-bond acceptors (Lipinski definition) is 4. The number of halogens is 1. The summed E-state index contributed by atoms with van der Waals surface area (Å²) in [6.07, 6.45) is 1.88. The maximum absolute atomic E-state index is 13.2. The van der Waals surface area contributed by atoms with Crippen molar-refractivity contribution in [2.45, 2.75) is 0 Å². The molecule has 1 saturated heterocycles. The van der Waals surface area contributed by atoms with Crippen LogP contribution in [-0.2, 0) is 4.79 Å². The van der Waals surface area contributed by atoms with Gasteiger partial charge in [-0.1, -0.05) is 42.5 Å². The molecule has 0 N–H and O–H groups in total. The number of carbonyl (C=O) groups excluding carboxylic acids is 1. The van der Waals surface area contributed by atoms with E-state index >= 15 is 0 Å². The zero-order valence-corrected chi connectivity index (χ0v) is 18.0. The Morgan fingerprint density at radius 2 is 1.69 bits per heavy atom. The summed E-state index contributed by atoms with van der Waals surface area (Å²) in [5, 5.41) is 0.631. The third-order valence-electron chi connectivity index (χ3n) is 4.28. The van der Waals surface area contributed by atoms with Crippen LogP contribution < -0.4 is 9.64 Å². The van der Waals surface area contributed by atoms with Gasteiger partial charge in [-0.3, -0.25) is 9.69 Å². The summed E-state index contributed by atoms with van der Waals surface area (Å²) in [6.45, 7) is 0. The van der Waals surface area contributed by atoms with Crippen molar-refractivity contribution in [2.75, 3.05) is 12.0 Å². The molecule has 4 nitrogen and oxygen atoms in total. The minimum absolute atomic E-state index is 0.0946. The van der Waals surface area contributed by atoms with Gasteiger partial charge in [0.15, 0.2) is 5.17 Å². The highest BCUT2D eigenvalue weighted by molar-refractivity contribution is 9.10. The molecule has 1 aliphatic rings. The lowest BCUT2D eigenvalue weighted by atomic mass is 10.2. The lowest BCUT2D eigenvalue weighted by Crippen LogP contribution is -2.28. The Kier molecular flexibility index (Phi) is 5.83. The molecule has 0 atom stereocenters. The molecule has 3 aromatic carbocycles. The standard InChI is InChI=1S/C23H17BrN2O2S/c1-28-20-13-12-16(14-19(20)24)15-21-22(27)26(18-10-6-3-7-11-18)23(29-21)25-17-8-4-2-5-9-17/h2-15H,1H3/b21-15-,25-23?. The number of hydrogen-bond donors (Lipinski definition) is 0. The van der Waals surface area contributed by atoms with Crippen molar-refractivity contribution in [3.63, 3.8) is 0 Å². The van der Waals surface area contributed by atoms with Crippen LogP contribution in [0.5, 0.6) is 5.75 Å². The number of aliphatic imine (C=N–C) groups is 1. The Morgan fingerprint density at radius 1 is 1.00 bits per heavy atom. The van der Waals surface area contributed by atoms with Gasteiger partial charge in [0.25, 0.3) is 5.91 Å². The first-order valence-electron chi connectivity index (χ1n) is 8.92. The van der Waals surface area contributed by atoms with Gasteiger partial charge < -0.3 is 4.74 Å². The molecule has 0 spiro atoms. The molecule has 1 fully saturated rings. The van der Waals surface area contributed by atoms with Crippen molar-refractivity contribution in [3.8, 4) is 5.75 Å². The lowest BCUT2D eigenvalue weighted by molar-refractivity contribution is -0.113. The Morgan fingerprint density at radius 3 is 2.34 bits per heavy atom. The van der Waals surface area contributed by atoms with Gasteiger partial charge in [-0.2, -0.15) is 0 Å². The second-order valence-corrected chi connectivity index (χ2v) is 8.07. The molecule has 0 bridgehead atoms. The van der Waals surface area contributed by atoms with E-state index in [0.717, 1.165) is 27.2 Å². The number of rotatable bonds is 4. The summed E-state index contributed by atoms with van der Waals surface area (Å²) in [5.74, 6) is 0.651. The smallest absolute Gasteiger partial charge is 0.271 e. The molecule has 1 heterocycles. The predicted octanol–water partition coefficient (Wildman–Crippen LogP) is 6.27. The van der Waals surface area contributed by atoms with Gasteiger partial charge in [-0.15, -0.1) is 0 Å². The van der Waals surface area contributed by atoms with E-state index in [2.05, 4.69) is 15.9 Å². The highest BCUT2D eigenvalue weighted by Gasteiger charge is 2.34. The number of carbonyl (C=O) groups is 1. The number of ether oxygens (including phenoxy) is 1. The van der Waals surface area contributed by atoms with Crippen molar-refractivity contribution in [1.29, 1.82) is 0 Å². The largest absolute Gasteiger partial charge is 0.496 e. The Balaban J connectivity index is 1.75. The maximum atomic E-state index is 13.2. The minimum Gasteiger partial charge on any atom is -0.496 e. The van der Waals surface area contributed by atoms with Crippen LogP contribution in [0, 0.1) is 0 Å². The third-order valence-corrected chi connectivity index (χ3v) is 5.86. The van der Waals surface area contributed by atoms with Crippen molar-refractivity contribution in [2.24, 2.45) is 4.99 Å². The van der Waals surface area contributed by atoms with Gasteiger partial charge in [0, 0.05) is 0 Å². The summed E-state index contributed by atoms with van der Waals surface area (Å²) in [4.78, 5) is 20.2. The van der Waals surface area contributed by atoms with Crippen molar-refractivity contribution < 1.29 is 9.53 Å². The molecule has 1 amide bonds. The van der Waals surface area contributed by atoms with Crippen LogP contribution in [0.2, 0.25) is 0 Å². The molecular weight excluding hydrogens is 448 g/mol. The van der Waals surface area contributed by atoms with Crippen LogP contribution in [0.15, 0.2) is 93.2 Å². The highest BCUT2D eigenvalue weighted by atomic mass is 79.9. The quantitative estimate of drug-likeness (QED) is 0.427. The van der Waals surface area contributed by atoms with Crippen molar-refractivity contribution in [3.05, 3.63) is 93.8 Å². The van der Waals surface area contributed by atoms with E-state index in [4.69, 9.17) is 9.73 Å². The molecule has 0 aromatic heterocycles. The summed E-state index contributed by atoms with van der Waals surface area (Å²) < 4.78 is 6.12. The lowest BCUT2D eigenvalue weighted by Gasteiger charge is -2.15. The Labute approximate surface area is 182 Å². The molecular formula is C23H17BrN2O2S. The number of benzene rings is 3. The van der Waals surface area contributed by atoms with E-state index < -0.39 is 0 Å². The summed E-state index contributed by atoms with van der Waals surface area (Å²) >= 11 is 4.86. The zero-order valence-electron chi connectivity index (χ0n) is 15.6. The summed E-state index contributed by atoms with van der Waals surface area (Å²) in [5.41, 5.74) is 2.50. The van der Waals surface area contributed by atoms with E-state index in [1.807, 2.05) is 84.9 Å². The average Bonchev–Trinajstić information content (AvgIpc) is 3.04. The van der Waals surface area contributed by atoms with Crippen LogP contribution >= 0.6 is 27.7 Å². The number of amidine groups is 1. The Bertz CT molecular complexity index is 1100. The van der Waals surface area contributed by atoms with Crippen LogP contribution in [-0.4, -0.2) is 18.2 Å². The van der Waals surface area contributed by atoms with Crippen LogP contribution in [0.1, 0.15) is 5.56 Å². The van der Waals surface area contributed by atoms with Gasteiger partial charge in [0.2, 0.25) is 0 Å². The van der Waals surface area contributed by atoms with E-state index in [-0.39, 0.29) is 5.91 Å². The molecule has 4 rings (SSSR count). The van der Waals surface area contributed by atoms with Crippen molar-refractivity contribution >= 4 is 56.2 Å². The summed E-state index contributed by atoms with van der Waals surface area (Å²) in [6, 6.07) is 24.9. The fraction of sp³-hybridized carbons (Fsp3) is 0.0435. The van der Waals surface area contributed by atoms with Crippen molar-refractivity contribution in [1.82, 2.24) is 0 Å². The number of amides is 1. The number of nitrogens with zero attached hydrogens (tertiary/aromatic N) is 2. The average molecular weight is 465 g/mol. The SMILES string of the molecule is COc1ccc(/C=C2\SC(=Nc3ccccc3)N(c3ccccc3)C2=O)cc1Br. The van der Waals surface area contributed by atoms with Gasteiger partial charge in [-0.25, -0.2) is 4.99 Å². The van der Waals surface area contributed by atoms with Gasteiger partial charge in [-0.05, 0) is 75.7 Å². The fourth-order valence-electron chi connectivity index (χ4n) is 2.89. The topological polar surface area (TPSA) is 41.9 Å². The van der Waals surface area contributed by atoms with Crippen LogP contribution in [0.3, 0.4) is 0 Å². The number of anilines is 1. The fourth-order valence-corrected chi connectivity index (χ4v) is 4.45. The molecule has 1 aliphatic heterocycles. The second-order valence-electron chi connectivity index (χ2n) is 6.21. The maximum Gasteiger partial charge on any atom is 0.271 e. The molecule has 0 radical (unpaired) electrons. The molecule has 6 heteroatoms. The van der Waals surface area contributed by atoms with Gasteiger partial charge >= 0.3 is 0 Å². The number of para-hydroxylation sites is 2. The monoisotopic (exact) mass is 464 g/mol. The minimum atomic E-state index is -0.0946. The van der Waals surface area contributed by atoms with E-state index in [1.54, 1.807) is 12.0 Å². The molecule has 144 valence electrons. The van der Waals surface area contributed by atoms with E-state index in [9.17, 15) is 4.79 Å². The zero-order chi connectivity index (χ0) is 20.2. The highest BCUT2D eigenvalue weighted by Crippen LogP contribution is 2.37. The molecule has 0 saturated carbocycles. The molecule has 0 unspecified atom stereocenters. The first-order chi connectivity index (χ1) is 14.2. The molecule has 29 heavy (non-hydrogen) atoms. The Hall–Kier alpha value is -2.83. The first kappa shape index (κ1) is 19.5. The number of methoxy groups -OCH3 is 1. The number of thioether (sulfide) groups is 1. The van der Waals surface area contributed by atoms with E-state index in [0.29, 0.717) is 10.1 Å². The van der Waals surface area contributed by atoms with E-state index in [1.165, 1.54) is 11.8 Å². The normalized spacial score (nSPS) is 16.6. The first-order valence-corrected chi connectivity index (χ1v) is 10.5.